The highest BCUT2D eigenvalue weighted by Crippen LogP contribution is 2.30. The molecule has 2 aromatic carbocycles. The van der Waals surface area contributed by atoms with Crippen molar-refractivity contribution < 1.29 is 9.18 Å². The third-order valence-corrected chi connectivity index (χ3v) is 6.66. The predicted molar refractivity (Wildman–Crippen MR) is 133 cm³/mol. The van der Waals surface area contributed by atoms with Crippen LogP contribution in [-0.2, 0) is 4.79 Å². The molecule has 3 heterocycles. The number of aromatic amines is 1. The van der Waals surface area contributed by atoms with Gasteiger partial charge < -0.3 is 14.8 Å². The smallest absolute Gasteiger partial charge is 0.223 e. The van der Waals surface area contributed by atoms with Crippen LogP contribution in [0.4, 0.5) is 10.2 Å². The summed E-state index contributed by atoms with van der Waals surface area (Å²) in [4.78, 5) is 29.3. The Bertz CT molecular complexity index is 1300. The number of H-pyrrole nitrogens is 1. The summed E-state index contributed by atoms with van der Waals surface area (Å²) in [6, 6.07) is 16.1. The zero-order chi connectivity index (χ0) is 23.7. The van der Waals surface area contributed by atoms with Gasteiger partial charge in [-0.2, -0.15) is 0 Å². The minimum Gasteiger partial charge on any atom is -0.352 e. The van der Waals surface area contributed by atoms with Gasteiger partial charge in [-0.15, -0.1) is 0 Å². The quantitative estimate of drug-likeness (QED) is 0.426. The first-order valence-electron chi connectivity index (χ1n) is 11.4. The van der Waals surface area contributed by atoms with E-state index < -0.39 is 0 Å². The molecule has 0 bridgehead atoms. The Kier molecular flexibility index (Phi) is 6.20. The summed E-state index contributed by atoms with van der Waals surface area (Å²) >= 11 is 5.98. The molecule has 0 saturated carbocycles. The topological polar surface area (TPSA) is 65.1 Å². The Morgan fingerprint density at radius 2 is 1.76 bits per heavy atom. The molecular weight excluding hydrogens is 453 g/mol. The maximum Gasteiger partial charge on any atom is 0.223 e. The fourth-order valence-electron chi connectivity index (χ4n) is 4.43. The average Bonchev–Trinajstić information content (AvgIpc) is 3.29. The molecule has 0 radical (unpaired) electrons. The van der Waals surface area contributed by atoms with Gasteiger partial charge in [-0.25, -0.2) is 14.4 Å². The van der Waals surface area contributed by atoms with Gasteiger partial charge in [0.15, 0.2) is 0 Å². The highest BCUT2D eigenvalue weighted by molar-refractivity contribution is 6.30. The van der Waals surface area contributed by atoms with Gasteiger partial charge in [0.25, 0.3) is 0 Å². The van der Waals surface area contributed by atoms with Crippen LogP contribution in [0.15, 0.2) is 60.9 Å². The van der Waals surface area contributed by atoms with Crippen LogP contribution in [0.1, 0.15) is 24.8 Å². The third-order valence-electron chi connectivity index (χ3n) is 6.41. The Hall–Kier alpha value is -3.45. The van der Waals surface area contributed by atoms with E-state index in [0.29, 0.717) is 37.6 Å². The molecule has 2 aromatic heterocycles. The summed E-state index contributed by atoms with van der Waals surface area (Å²) in [5.41, 5.74) is 3.60. The number of piperazine rings is 1. The van der Waals surface area contributed by atoms with Crippen LogP contribution in [0.5, 0.6) is 0 Å². The Morgan fingerprint density at radius 3 is 2.47 bits per heavy atom. The summed E-state index contributed by atoms with van der Waals surface area (Å²) in [5.74, 6) is 0.871. The molecule has 1 saturated heterocycles. The summed E-state index contributed by atoms with van der Waals surface area (Å²) in [6.07, 6.45) is 2.02. The highest BCUT2D eigenvalue weighted by atomic mass is 35.5. The van der Waals surface area contributed by atoms with Crippen LogP contribution in [-0.4, -0.2) is 51.9 Å². The lowest BCUT2D eigenvalue weighted by molar-refractivity contribution is -0.131. The molecular formula is C26H25ClFN5O. The molecule has 0 aliphatic carbocycles. The van der Waals surface area contributed by atoms with Gasteiger partial charge in [-0.1, -0.05) is 30.7 Å². The van der Waals surface area contributed by atoms with Gasteiger partial charge in [0, 0.05) is 43.3 Å². The summed E-state index contributed by atoms with van der Waals surface area (Å²) < 4.78 is 13.3. The van der Waals surface area contributed by atoms with E-state index in [2.05, 4.69) is 26.8 Å². The number of benzene rings is 2. The summed E-state index contributed by atoms with van der Waals surface area (Å²) in [5, 5.41) is 1.61. The first-order valence-corrected chi connectivity index (χ1v) is 11.7. The van der Waals surface area contributed by atoms with Crippen molar-refractivity contribution in [2.24, 2.45) is 0 Å². The minimum absolute atomic E-state index is 0.133. The number of rotatable bonds is 5. The standard InChI is InChI=1S/C26H25ClFN5O/c1-17(18-2-6-20(27)7-3-18)14-24(34)32-10-12-33(13-11-32)26-22-15-23(31-25(22)29-16-30-26)19-4-8-21(28)9-5-19/h2-9,15-17H,10-14H2,1H3,(H,29,30,31)/t17-/m1/s1. The normalized spacial score (nSPS) is 15.0. The number of fused-ring (bicyclic) bond motifs is 1. The number of halogens is 2. The van der Waals surface area contributed by atoms with Crippen molar-refractivity contribution in [3.05, 3.63) is 77.3 Å². The second-order valence-electron chi connectivity index (χ2n) is 8.67. The number of hydrogen-bond acceptors (Lipinski definition) is 4. The molecule has 0 spiro atoms. The molecule has 5 rings (SSSR count). The van der Waals surface area contributed by atoms with Gasteiger partial charge >= 0.3 is 0 Å². The fraction of sp³-hybridized carbons (Fsp3) is 0.269. The monoisotopic (exact) mass is 477 g/mol. The Balaban J connectivity index is 1.26. The van der Waals surface area contributed by atoms with Gasteiger partial charge in [0.1, 0.15) is 23.6 Å². The van der Waals surface area contributed by atoms with Crippen molar-refractivity contribution in [1.82, 2.24) is 19.9 Å². The zero-order valence-corrected chi connectivity index (χ0v) is 19.6. The molecule has 34 heavy (non-hydrogen) atoms. The lowest BCUT2D eigenvalue weighted by atomic mass is 9.97. The van der Waals surface area contributed by atoms with Crippen molar-refractivity contribution >= 4 is 34.4 Å². The minimum atomic E-state index is -0.268. The molecule has 1 atom stereocenters. The second kappa shape index (κ2) is 9.43. The van der Waals surface area contributed by atoms with Crippen LogP contribution < -0.4 is 4.90 Å². The first kappa shape index (κ1) is 22.3. The SMILES string of the molecule is C[C@H](CC(=O)N1CCN(c2ncnc3[nH]c(-c4ccc(F)cc4)cc23)CC1)c1ccc(Cl)cc1. The van der Waals surface area contributed by atoms with Gasteiger partial charge in [0.2, 0.25) is 5.91 Å². The number of hydrogen-bond donors (Lipinski definition) is 1. The number of anilines is 1. The summed E-state index contributed by atoms with van der Waals surface area (Å²) in [7, 11) is 0. The maximum absolute atomic E-state index is 13.3. The molecule has 4 aromatic rings. The van der Waals surface area contributed by atoms with Gasteiger partial charge in [-0.05, 0) is 59.5 Å². The van der Waals surface area contributed by atoms with Crippen molar-refractivity contribution in [2.75, 3.05) is 31.1 Å². The predicted octanol–water partition coefficient (Wildman–Crippen LogP) is 5.26. The number of amides is 1. The number of aromatic nitrogens is 3. The molecule has 6 nitrogen and oxygen atoms in total. The Morgan fingerprint density at radius 1 is 1.06 bits per heavy atom. The van der Waals surface area contributed by atoms with E-state index in [4.69, 9.17) is 11.6 Å². The van der Waals surface area contributed by atoms with E-state index in [0.717, 1.165) is 33.7 Å². The molecule has 174 valence electrons. The molecule has 1 amide bonds. The van der Waals surface area contributed by atoms with Crippen molar-refractivity contribution in [3.63, 3.8) is 0 Å². The molecule has 1 N–H and O–H groups in total. The van der Waals surface area contributed by atoms with E-state index in [1.807, 2.05) is 35.2 Å². The largest absolute Gasteiger partial charge is 0.352 e. The van der Waals surface area contributed by atoms with Gasteiger partial charge in [-0.3, -0.25) is 4.79 Å². The van der Waals surface area contributed by atoms with E-state index >= 15 is 0 Å². The highest BCUT2D eigenvalue weighted by Gasteiger charge is 2.25. The fourth-order valence-corrected chi connectivity index (χ4v) is 4.56. The Labute approximate surface area is 202 Å². The van der Waals surface area contributed by atoms with E-state index in [9.17, 15) is 9.18 Å². The maximum atomic E-state index is 13.3. The van der Waals surface area contributed by atoms with Crippen molar-refractivity contribution in [1.29, 1.82) is 0 Å². The van der Waals surface area contributed by atoms with Crippen LogP contribution in [0.3, 0.4) is 0 Å². The van der Waals surface area contributed by atoms with Crippen LogP contribution in [0, 0.1) is 5.82 Å². The van der Waals surface area contributed by atoms with Crippen molar-refractivity contribution in [3.8, 4) is 11.3 Å². The van der Waals surface area contributed by atoms with Crippen LogP contribution in [0.2, 0.25) is 5.02 Å². The average molecular weight is 478 g/mol. The third kappa shape index (κ3) is 4.61. The number of nitrogens with one attached hydrogen (secondary N) is 1. The summed E-state index contributed by atoms with van der Waals surface area (Å²) in [6.45, 7) is 4.76. The molecule has 1 aliphatic heterocycles. The first-order chi connectivity index (χ1) is 16.5. The molecule has 1 fully saturated rings. The molecule has 1 aliphatic rings. The number of carbonyl (C=O) groups is 1. The van der Waals surface area contributed by atoms with Crippen LogP contribution >= 0.6 is 11.6 Å². The van der Waals surface area contributed by atoms with Crippen molar-refractivity contribution in [2.45, 2.75) is 19.3 Å². The number of nitrogens with zero attached hydrogens (tertiary/aromatic N) is 4. The lowest BCUT2D eigenvalue weighted by Gasteiger charge is -2.36. The van der Waals surface area contributed by atoms with E-state index in [1.54, 1.807) is 18.5 Å². The van der Waals surface area contributed by atoms with Crippen LogP contribution in [0.25, 0.3) is 22.3 Å². The molecule has 8 heteroatoms. The second-order valence-corrected chi connectivity index (χ2v) is 9.11. The lowest BCUT2D eigenvalue weighted by Crippen LogP contribution is -2.49. The van der Waals surface area contributed by atoms with E-state index in [-0.39, 0.29) is 17.6 Å². The van der Waals surface area contributed by atoms with E-state index in [1.165, 1.54) is 12.1 Å². The van der Waals surface area contributed by atoms with Gasteiger partial charge in [0.05, 0.1) is 5.39 Å². The number of carbonyl (C=O) groups excluding carboxylic acids is 1. The molecule has 0 unspecified atom stereocenters. The zero-order valence-electron chi connectivity index (χ0n) is 18.8.